The fourth-order valence-electron chi connectivity index (χ4n) is 4.20. The molecule has 6 heteroatoms. The van der Waals surface area contributed by atoms with E-state index in [-0.39, 0.29) is 5.88 Å². The Morgan fingerprint density at radius 3 is 2.43 bits per heavy atom. The molecule has 3 aromatic carbocycles. The molecule has 0 radical (unpaired) electrons. The van der Waals surface area contributed by atoms with E-state index in [1.165, 1.54) is 5.56 Å². The molecule has 1 aromatic heterocycles. The molecule has 6 nitrogen and oxygen atoms in total. The van der Waals surface area contributed by atoms with Crippen LogP contribution in [0.1, 0.15) is 47.3 Å². The van der Waals surface area contributed by atoms with Gasteiger partial charge in [0, 0.05) is 23.0 Å². The molecule has 1 heterocycles. The van der Waals surface area contributed by atoms with Gasteiger partial charge in [0.15, 0.2) is 5.88 Å². The summed E-state index contributed by atoms with van der Waals surface area (Å²) in [5.74, 6) is -0.395. The Kier molecular flexibility index (Phi) is 7.63. The molecule has 0 saturated carbocycles. The molecule has 4 rings (SSSR count). The third-order valence-electron chi connectivity index (χ3n) is 5.81. The van der Waals surface area contributed by atoms with Gasteiger partial charge in [-0.05, 0) is 56.8 Å². The minimum atomic E-state index is -0.397. The molecule has 0 saturated heterocycles. The van der Waals surface area contributed by atoms with Gasteiger partial charge in [-0.25, -0.2) is 9.79 Å². The monoisotopic (exact) mass is 469 g/mol. The highest BCUT2D eigenvalue weighted by molar-refractivity contribution is 6.22. The average Bonchev–Trinajstić information content (AvgIpc) is 3.19. The molecule has 0 fully saturated rings. The van der Waals surface area contributed by atoms with Crippen LogP contribution in [0.4, 0.5) is 5.69 Å². The molecule has 0 bridgehead atoms. The Bertz CT molecular complexity index is 1320. The Morgan fingerprint density at radius 1 is 1.00 bits per heavy atom. The van der Waals surface area contributed by atoms with Gasteiger partial charge in [0.2, 0.25) is 0 Å². The number of aromatic nitrogens is 1. The summed E-state index contributed by atoms with van der Waals surface area (Å²) < 4.78 is 5.11. The van der Waals surface area contributed by atoms with Crippen LogP contribution >= 0.6 is 0 Å². The smallest absolute Gasteiger partial charge is 0.338 e. The first-order valence-corrected chi connectivity index (χ1v) is 11.9. The lowest BCUT2D eigenvalue weighted by Gasteiger charge is -2.15. The van der Waals surface area contributed by atoms with Crippen molar-refractivity contribution < 1.29 is 14.6 Å². The van der Waals surface area contributed by atoms with Crippen LogP contribution in [0.2, 0.25) is 0 Å². The maximum Gasteiger partial charge on any atom is 0.338 e. The molecule has 4 aromatic rings. The molecule has 2 N–H and O–H groups in total. The van der Waals surface area contributed by atoms with E-state index < -0.39 is 5.97 Å². The van der Waals surface area contributed by atoms with Crippen molar-refractivity contribution in [3.8, 4) is 5.88 Å². The van der Waals surface area contributed by atoms with Crippen LogP contribution in [0.5, 0.6) is 5.88 Å². The first-order chi connectivity index (χ1) is 17.0. The summed E-state index contributed by atoms with van der Waals surface area (Å²) in [6.45, 7) is 6.19. The zero-order chi connectivity index (χ0) is 24.8. The summed E-state index contributed by atoms with van der Waals surface area (Å²) in [5, 5.41) is 11.7. The number of carbonyl (C=O) groups is 1. The minimum Gasteiger partial charge on any atom is -0.494 e. The molecular formula is C29H31N3O3. The van der Waals surface area contributed by atoms with E-state index in [2.05, 4.69) is 36.0 Å². The fraction of sp³-hybridized carbons (Fsp3) is 0.241. The van der Waals surface area contributed by atoms with Crippen molar-refractivity contribution in [1.82, 2.24) is 9.88 Å². The second-order valence-electron chi connectivity index (χ2n) is 8.56. The number of benzene rings is 3. The van der Waals surface area contributed by atoms with Crippen molar-refractivity contribution in [2.45, 2.75) is 26.8 Å². The van der Waals surface area contributed by atoms with Gasteiger partial charge < -0.3 is 19.7 Å². The van der Waals surface area contributed by atoms with E-state index in [9.17, 15) is 9.90 Å². The van der Waals surface area contributed by atoms with Crippen molar-refractivity contribution >= 4 is 28.3 Å². The number of aliphatic imine (C=N–C) groups is 1. The Labute approximate surface area is 205 Å². The lowest BCUT2D eigenvalue weighted by Crippen LogP contribution is -2.18. The normalized spacial score (nSPS) is 11.8. The largest absolute Gasteiger partial charge is 0.494 e. The summed E-state index contributed by atoms with van der Waals surface area (Å²) in [6.07, 6.45) is 1.12. The van der Waals surface area contributed by atoms with Crippen LogP contribution in [-0.4, -0.2) is 46.9 Å². The SMILES string of the molecule is CCCN(C)Cc1ccc(N=C(c2ccccc2)c2c(O)[nH]c3cc(C(=O)OCC)ccc23)cc1. The third-order valence-corrected chi connectivity index (χ3v) is 5.81. The summed E-state index contributed by atoms with van der Waals surface area (Å²) >= 11 is 0. The predicted molar refractivity (Wildman–Crippen MR) is 141 cm³/mol. The number of fused-ring (bicyclic) bond motifs is 1. The van der Waals surface area contributed by atoms with Crippen molar-refractivity contribution in [3.05, 3.63) is 95.1 Å². The molecular weight excluding hydrogens is 438 g/mol. The van der Waals surface area contributed by atoms with E-state index in [1.807, 2.05) is 48.5 Å². The summed E-state index contributed by atoms with van der Waals surface area (Å²) in [5.41, 5.74) is 5.20. The van der Waals surface area contributed by atoms with Crippen LogP contribution in [-0.2, 0) is 11.3 Å². The predicted octanol–water partition coefficient (Wildman–Crippen LogP) is 6.06. The summed E-state index contributed by atoms with van der Waals surface area (Å²) in [4.78, 5) is 22.4. The Hall–Kier alpha value is -3.90. The number of rotatable bonds is 9. The number of nitrogens with zero attached hydrogens (tertiary/aromatic N) is 2. The van der Waals surface area contributed by atoms with Crippen LogP contribution in [0.15, 0.2) is 77.8 Å². The zero-order valence-corrected chi connectivity index (χ0v) is 20.4. The zero-order valence-electron chi connectivity index (χ0n) is 20.4. The summed E-state index contributed by atoms with van der Waals surface area (Å²) in [7, 11) is 2.12. The summed E-state index contributed by atoms with van der Waals surface area (Å²) in [6, 6.07) is 23.2. The number of carbonyl (C=O) groups excluding carboxylic acids is 1. The average molecular weight is 470 g/mol. The molecule has 0 aliphatic rings. The number of hydrogen-bond acceptors (Lipinski definition) is 5. The highest BCUT2D eigenvalue weighted by Crippen LogP contribution is 2.32. The lowest BCUT2D eigenvalue weighted by atomic mass is 10.00. The Balaban J connectivity index is 1.76. The van der Waals surface area contributed by atoms with Gasteiger partial charge in [-0.2, -0.15) is 0 Å². The highest BCUT2D eigenvalue weighted by Gasteiger charge is 2.20. The van der Waals surface area contributed by atoms with E-state index >= 15 is 0 Å². The quantitative estimate of drug-likeness (QED) is 0.231. The second kappa shape index (κ2) is 11.0. The molecule has 0 aliphatic heterocycles. The molecule has 0 unspecified atom stereocenters. The van der Waals surface area contributed by atoms with Crippen molar-refractivity contribution in [2.75, 3.05) is 20.2 Å². The molecule has 0 amide bonds. The molecule has 0 spiro atoms. The number of hydrogen-bond donors (Lipinski definition) is 2. The van der Waals surface area contributed by atoms with Gasteiger partial charge in [-0.15, -0.1) is 0 Å². The molecule has 0 aliphatic carbocycles. The van der Waals surface area contributed by atoms with E-state index in [0.717, 1.165) is 36.1 Å². The van der Waals surface area contributed by atoms with Gasteiger partial charge >= 0.3 is 5.97 Å². The maximum absolute atomic E-state index is 12.2. The van der Waals surface area contributed by atoms with Crippen LogP contribution in [0.25, 0.3) is 10.9 Å². The minimum absolute atomic E-state index is 0.00132. The molecule has 35 heavy (non-hydrogen) atoms. The molecule has 0 atom stereocenters. The maximum atomic E-state index is 12.2. The number of aromatic hydroxyl groups is 1. The molecule has 180 valence electrons. The van der Waals surface area contributed by atoms with Crippen LogP contribution in [0, 0.1) is 0 Å². The van der Waals surface area contributed by atoms with Gasteiger partial charge in [0.25, 0.3) is 0 Å². The van der Waals surface area contributed by atoms with Gasteiger partial charge in [-0.1, -0.05) is 55.5 Å². The first-order valence-electron chi connectivity index (χ1n) is 11.9. The van der Waals surface area contributed by atoms with E-state index in [1.54, 1.807) is 19.1 Å². The number of aromatic amines is 1. The van der Waals surface area contributed by atoms with Crippen LogP contribution in [0.3, 0.4) is 0 Å². The lowest BCUT2D eigenvalue weighted by molar-refractivity contribution is 0.0526. The number of nitrogens with one attached hydrogen (secondary N) is 1. The van der Waals surface area contributed by atoms with Gasteiger partial charge in [0.1, 0.15) is 0 Å². The first kappa shape index (κ1) is 24.2. The number of H-pyrrole nitrogens is 1. The van der Waals surface area contributed by atoms with Gasteiger partial charge in [-0.3, -0.25) is 0 Å². The highest BCUT2D eigenvalue weighted by atomic mass is 16.5. The van der Waals surface area contributed by atoms with Crippen molar-refractivity contribution in [1.29, 1.82) is 0 Å². The van der Waals surface area contributed by atoms with Crippen LogP contribution < -0.4 is 0 Å². The van der Waals surface area contributed by atoms with E-state index in [4.69, 9.17) is 9.73 Å². The van der Waals surface area contributed by atoms with Gasteiger partial charge in [0.05, 0.1) is 29.1 Å². The third kappa shape index (κ3) is 5.61. The number of esters is 1. The fourth-order valence-corrected chi connectivity index (χ4v) is 4.20. The van der Waals surface area contributed by atoms with E-state index in [0.29, 0.717) is 29.0 Å². The Morgan fingerprint density at radius 2 is 1.74 bits per heavy atom. The van der Waals surface area contributed by atoms with Crippen molar-refractivity contribution in [2.24, 2.45) is 4.99 Å². The standard InChI is InChI=1S/C29H31N3O3/c1-4-17-32(3)19-20-11-14-23(15-12-20)30-27(21-9-7-6-8-10-21)26-24-16-13-22(29(34)35-5-2)18-25(24)31-28(26)33/h6-16,18,31,33H,4-5,17,19H2,1-3H3. The van der Waals surface area contributed by atoms with Crippen molar-refractivity contribution in [3.63, 3.8) is 0 Å². The number of ether oxygens (including phenoxy) is 1. The second-order valence-corrected chi connectivity index (χ2v) is 8.56. The topological polar surface area (TPSA) is 77.9 Å².